The zero-order valence-corrected chi connectivity index (χ0v) is 10.6. The highest BCUT2D eigenvalue weighted by Crippen LogP contribution is 2.27. The molecule has 0 aromatic heterocycles. The average Bonchev–Trinajstić information content (AvgIpc) is 2.28. The lowest BCUT2D eigenvalue weighted by atomic mass is 9.87. The molecular weight excluding hydrogens is 220 g/mol. The number of carboxylic acid groups (broad SMARTS) is 1. The fraction of sp³-hybridized carbons (Fsp3) is 0.833. The molecule has 0 aliphatic carbocycles. The Bertz CT molecular complexity index is 291. The lowest BCUT2D eigenvalue weighted by Crippen LogP contribution is -2.54. The van der Waals surface area contributed by atoms with Crippen molar-refractivity contribution in [1.82, 2.24) is 4.90 Å². The van der Waals surface area contributed by atoms with Gasteiger partial charge in [-0.1, -0.05) is 19.8 Å². The second-order valence-electron chi connectivity index (χ2n) is 4.85. The number of carbonyl (C=O) groups excluding carboxylic acids is 1. The van der Waals surface area contributed by atoms with Gasteiger partial charge < -0.3 is 15.7 Å². The number of hydrogen-bond acceptors (Lipinski definition) is 3. The van der Waals surface area contributed by atoms with Gasteiger partial charge in [-0.15, -0.1) is 0 Å². The van der Waals surface area contributed by atoms with E-state index >= 15 is 0 Å². The predicted octanol–water partition coefficient (Wildman–Crippen LogP) is 0.826. The molecule has 5 heteroatoms. The molecule has 1 aliphatic rings. The summed E-state index contributed by atoms with van der Waals surface area (Å²) in [5.74, 6) is -0.759. The third kappa shape index (κ3) is 3.43. The monoisotopic (exact) mass is 242 g/mol. The zero-order valence-electron chi connectivity index (χ0n) is 10.6. The van der Waals surface area contributed by atoms with E-state index in [1.54, 1.807) is 6.92 Å². The minimum Gasteiger partial charge on any atom is -0.480 e. The van der Waals surface area contributed by atoms with Crippen molar-refractivity contribution in [2.75, 3.05) is 6.54 Å². The topological polar surface area (TPSA) is 83.6 Å². The Morgan fingerprint density at radius 3 is 2.65 bits per heavy atom. The Balaban J connectivity index is 2.72. The molecule has 1 rings (SSSR count). The van der Waals surface area contributed by atoms with Crippen molar-refractivity contribution >= 4 is 11.9 Å². The second-order valence-corrected chi connectivity index (χ2v) is 4.85. The van der Waals surface area contributed by atoms with Gasteiger partial charge in [-0.2, -0.15) is 0 Å². The van der Waals surface area contributed by atoms with Gasteiger partial charge >= 0.3 is 5.97 Å². The maximum absolute atomic E-state index is 11.8. The van der Waals surface area contributed by atoms with Crippen molar-refractivity contribution in [2.24, 2.45) is 11.7 Å². The largest absolute Gasteiger partial charge is 0.480 e. The van der Waals surface area contributed by atoms with E-state index in [0.29, 0.717) is 18.9 Å². The molecule has 17 heavy (non-hydrogen) atoms. The predicted molar refractivity (Wildman–Crippen MR) is 64.4 cm³/mol. The molecule has 5 nitrogen and oxygen atoms in total. The lowest BCUT2D eigenvalue weighted by Gasteiger charge is -2.38. The van der Waals surface area contributed by atoms with Crippen LogP contribution in [0.3, 0.4) is 0 Å². The van der Waals surface area contributed by atoms with Gasteiger partial charge in [-0.05, 0) is 25.7 Å². The van der Waals surface area contributed by atoms with Crippen LogP contribution < -0.4 is 5.73 Å². The molecule has 0 saturated carbocycles. The van der Waals surface area contributed by atoms with Crippen molar-refractivity contribution in [1.29, 1.82) is 0 Å². The molecule has 1 aliphatic heterocycles. The van der Waals surface area contributed by atoms with Gasteiger partial charge in [0, 0.05) is 6.54 Å². The Kier molecular flexibility index (Phi) is 4.93. The molecule has 1 fully saturated rings. The molecule has 1 heterocycles. The Hall–Kier alpha value is -1.10. The van der Waals surface area contributed by atoms with Crippen LogP contribution in [0.5, 0.6) is 0 Å². The molecule has 0 aromatic carbocycles. The normalized spacial score (nSPS) is 26.6. The van der Waals surface area contributed by atoms with Crippen LogP contribution in [0.2, 0.25) is 0 Å². The summed E-state index contributed by atoms with van der Waals surface area (Å²) in [6.07, 6.45) is 3.53. The number of rotatable bonds is 4. The standard InChI is InChI=1S/C12H22N2O3/c1-3-4-9-5-6-14(11(15)8(2)13)10(7-9)12(16)17/h8-10H,3-7,13H2,1-2H3,(H,16,17). The molecule has 0 spiro atoms. The molecule has 3 unspecified atom stereocenters. The number of likely N-dealkylation sites (tertiary alicyclic amines) is 1. The number of hydrogen-bond donors (Lipinski definition) is 2. The van der Waals surface area contributed by atoms with E-state index < -0.39 is 18.1 Å². The number of piperidine rings is 1. The Morgan fingerprint density at radius 2 is 2.18 bits per heavy atom. The molecule has 0 bridgehead atoms. The van der Waals surface area contributed by atoms with Crippen LogP contribution >= 0.6 is 0 Å². The number of aliphatic carboxylic acids is 1. The first-order valence-electron chi connectivity index (χ1n) is 6.26. The first-order chi connectivity index (χ1) is 7.97. The molecule has 1 saturated heterocycles. The molecular formula is C12H22N2O3. The smallest absolute Gasteiger partial charge is 0.326 e. The van der Waals surface area contributed by atoms with Gasteiger partial charge in [-0.25, -0.2) is 4.79 Å². The zero-order chi connectivity index (χ0) is 13.0. The van der Waals surface area contributed by atoms with E-state index in [1.165, 1.54) is 4.90 Å². The van der Waals surface area contributed by atoms with Crippen LogP contribution in [-0.2, 0) is 9.59 Å². The summed E-state index contributed by atoms with van der Waals surface area (Å²) in [6.45, 7) is 4.20. The SMILES string of the molecule is CCCC1CCN(C(=O)C(C)N)C(C(=O)O)C1. The van der Waals surface area contributed by atoms with Crippen molar-refractivity contribution < 1.29 is 14.7 Å². The molecule has 1 amide bonds. The van der Waals surface area contributed by atoms with Crippen molar-refractivity contribution in [3.63, 3.8) is 0 Å². The van der Waals surface area contributed by atoms with Crippen molar-refractivity contribution in [3.8, 4) is 0 Å². The Morgan fingerprint density at radius 1 is 1.53 bits per heavy atom. The maximum atomic E-state index is 11.8. The minimum atomic E-state index is -0.917. The highest BCUT2D eigenvalue weighted by Gasteiger charge is 2.36. The van der Waals surface area contributed by atoms with Crippen molar-refractivity contribution in [3.05, 3.63) is 0 Å². The summed E-state index contributed by atoms with van der Waals surface area (Å²) < 4.78 is 0. The fourth-order valence-electron chi connectivity index (χ4n) is 2.47. The molecule has 0 aromatic rings. The van der Waals surface area contributed by atoms with Crippen LogP contribution in [0.15, 0.2) is 0 Å². The first kappa shape index (κ1) is 14.0. The Labute approximate surface area is 102 Å². The van der Waals surface area contributed by atoms with Crippen LogP contribution in [-0.4, -0.2) is 40.5 Å². The van der Waals surface area contributed by atoms with E-state index in [2.05, 4.69) is 6.92 Å². The van der Waals surface area contributed by atoms with Crippen LogP contribution in [0.4, 0.5) is 0 Å². The summed E-state index contributed by atoms with van der Waals surface area (Å²) in [5.41, 5.74) is 5.54. The molecule has 3 N–H and O–H groups in total. The third-order valence-corrected chi connectivity index (χ3v) is 3.37. The maximum Gasteiger partial charge on any atom is 0.326 e. The van der Waals surface area contributed by atoms with E-state index in [9.17, 15) is 14.7 Å². The van der Waals surface area contributed by atoms with Gasteiger partial charge in [0.05, 0.1) is 6.04 Å². The van der Waals surface area contributed by atoms with Crippen LogP contribution in [0.25, 0.3) is 0 Å². The van der Waals surface area contributed by atoms with E-state index in [0.717, 1.165) is 19.3 Å². The number of carboxylic acids is 1. The van der Waals surface area contributed by atoms with E-state index in [4.69, 9.17) is 5.73 Å². The van der Waals surface area contributed by atoms with Gasteiger partial charge in [0.15, 0.2) is 0 Å². The number of nitrogens with zero attached hydrogens (tertiary/aromatic N) is 1. The van der Waals surface area contributed by atoms with Gasteiger partial charge in [0.1, 0.15) is 6.04 Å². The van der Waals surface area contributed by atoms with E-state index in [1.807, 2.05) is 0 Å². The molecule has 0 radical (unpaired) electrons. The number of carbonyl (C=O) groups is 2. The fourth-order valence-corrected chi connectivity index (χ4v) is 2.47. The van der Waals surface area contributed by atoms with Crippen molar-refractivity contribution in [2.45, 2.75) is 51.6 Å². The number of nitrogens with two attached hydrogens (primary N) is 1. The quantitative estimate of drug-likeness (QED) is 0.764. The second kappa shape index (κ2) is 6.00. The molecule has 3 atom stereocenters. The summed E-state index contributed by atoms with van der Waals surface area (Å²) in [4.78, 5) is 24.5. The summed E-state index contributed by atoms with van der Waals surface area (Å²) in [5, 5.41) is 9.19. The first-order valence-corrected chi connectivity index (χ1v) is 6.26. The van der Waals surface area contributed by atoms with E-state index in [-0.39, 0.29) is 5.91 Å². The van der Waals surface area contributed by atoms with Gasteiger partial charge in [0.2, 0.25) is 5.91 Å². The van der Waals surface area contributed by atoms with Gasteiger partial charge in [0.25, 0.3) is 0 Å². The summed E-state index contributed by atoms with van der Waals surface area (Å²) >= 11 is 0. The number of amides is 1. The van der Waals surface area contributed by atoms with Crippen LogP contribution in [0.1, 0.15) is 39.5 Å². The minimum absolute atomic E-state index is 0.257. The summed E-state index contributed by atoms with van der Waals surface area (Å²) in [7, 11) is 0. The average molecular weight is 242 g/mol. The highest BCUT2D eigenvalue weighted by molar-refractivity contribution is 5.86. The van der Waals surface area contributed by atoms with Gasteiger partial charge in [-0.3, -0.25) is 4.79 Å². The lowest BCUT2D eigenvalue weighted by molar-refractivity contribution is -0.153. The molecule has 98 valence electrons. The van der Waals surface area contributed by atoms with Crippen LogP contribution in [0, 0.1) is 5.92 Å². The highest BCUT2D eigenvalue weighted by atomic mass is 16.4. The summed E-state index contributed by atoms with van der Waals surface area (Å²) in [6, 6.07) is -1.32. The third-order valence-electron chi connectivity index (χ3n) is 3.37.